The molecule has 2 amide bonds. The van der Waals surface area contributed by atoms with Gasteiger partial charge in [-0.15, -0.1) is 0 Å². The molecule has 2 heterocycles. The zero-order chi connectivity index (χ0) is 24.3. The summed E-state index contributed by atoms with van der Waals surface area (Å²) in [5.41, 5.74) is 1.88. The number of amides is 2. The predicted octanol–water partition coefficient (Wildman–Crippen LogP) is 3.45. The number of anilines is 1. The second-order valence-corrected chi connectivity index (χ2v) is 10.3. The molecule has 1 saturated heterocycles. The third-order valence-corrected chi connectivity index (χ3v) is 7.82. The topological polar surface area (TPSA) is 99.9 Å². The number of hydrogen-bond acceptors (Lipinski definition) is 5. The van der Waals surface area contributed by atoms with Crippen LogP contribution in [-0.4, -0.2) is 51.3 Å². The van der Waals surface area contributed by atoms with Gasteiger partial charge in [-0.3, -0.25) is 13.9 Å². The Hall–Kier alpha value is -3.59. The Kier molecular flexibility index (Phi) is 6.74. The van der Waals surface area contributed by atoms with Crippen molar-refractivity contribution in [3.8, 4) is 0 Å². The average molecular weight is 482 g/mol. The fraction of sp³-hybridized carbons (Fsp3) is 0.280. The molecule has 1 N–H and O–H groups in total. The number of furan rings is 1. The van der Waals surface area contributed by atoms with Crippen LogP contribution in [0.5, 0.6) is 0 Å². The van der Waals surface area contributed by atoms with Crippen molar-refractivity contribution in [1.82, 2.24) is 10.2 Å². The van der Waals surface area contributed by atoms with Crippen LogP contribution in [0.25, 0.3) is 0 Å². The van der Waals surface area contributed by atoms with Crippen LogP contribution in [0.4, 0.5) is 5.69 Å². The summed E-state index contributed by atoms with van der Waals surface area (Å²) in [7, 11) is -2.21. The number of carbonyl (C=O) groups is 2. The first-order valence-corrected chi connectivity index (χ1v) is 12.5. The lowest BCUT2D eigenvalue weighted by molar-refractivity contribution is 0.0667. The first-order valence-electron chi connectivity index (χ1n) is 11.0. The molecule has 1 fully saturated rings. The van der Waals surface area contributed by atoms with Crippen LogP contribution in [0, 0.1) is 6.92 Å². The number of sulfonamides is 1. The lowest BCUT2D eigenvalue weighted by atomic mass is 10.0. The van der Waals surface area contributed by atoms with Crippen LogP contribution in [0.1, 0.15) is 39.3 Å². The van der Waals surface area contributed by atoms with E-state index in [9.17, 15) is 18.0 Å². The van der Waals surface area contributed by atoms with Gasteiger partial charge in [0, 0.05) is 31.7 Å². The van der Waals surface area contributed by atoms with E-state index in [1.807, 2.05) is 6.92 Å². The van der Waals surface area contributed by atoms with Crippen molar-refractivity contribution in [2.45, 2.75) is 30.7 Å². The zero-order valence-electron chi connectivity index (χ0n) is 19.1. The van der Waals surface area contributed by atoms with Crippen molar-refractivity contribution >= 4 is 27.5 Å². The van der Waals surface area contributed by atoms with Gasteiger partial charge < -0.3 is 14.6 Å². The summed E-state index contributed by atoms with van der Waals surface area (Å²) in [6, 6.07) is 16.4. The van der Waals surface area contributed by atoms with E-state index < -0.39 is 10.0 Å². The molecule has 1 aliphatic heterocycles. The van der Waals surface area contributed by atoms with Gasteiger partial charge in [0.2, 0.25) is 0 Å². The van der Waals surface area contributed by atoms with Gasteiger partial charge in [0.25, 0.3) is 21.8 Å². The largest absolute Gasteiger partial charge is 0.459 e. The molecule has 0 aliphatic carbocycles. The van der Waals surface area contributed by atoms with Gasteiger partial charge >= 0.3 is 0 Å². The summed E-state index contributed by atoms with van der Waals surface area (Å²) in [5.74, 6) is -0.0570. The average Bonchev–Trinajstić information content (AvgIpc) is 3.39. The van der Waals surface area contributed by atoms with Crippen molar-refractivity contribution in [2.75, 3.05) is 24.4 Å². The van der Waals surface area contributed by atoms with E-state index in [1.165, 1.54) is 17.6 Å². The molecule has 2 aromatic carbocycles. The van der Waals surface area contributed by atoms with Crippen molar-refractivity contribution in [2.24, 2.45) is 0 Å². The van der Waals surface area contributed by atoms with E-state index in [4.69, 9.17) is 4.42 Å². The molecular formula is C25H27N3O5S. The molecule has 1 aromatic heterocycles. The van der Waals surface area contributed by atoms with Crippen LogP contribution in [0.15, 0.2) is 76.2 Å². The van der Waals surface area contributed by atoms with Gasteiger partial charge in [-0.05, 0) is 68.3 Å². The fourth-order valence-electron chi connectivity index (χ4n) is 3.88. The molecule has 3 aromatic rings. The minimum absolute atomic E-state index is 0.0441. The molecule has 9 heteroatoms. The molecule has 0 unspecified atom stereocenters. The first-order chi connectivity index (χ1) is 16.3. The molecule has 0 spiro atoms. The molecule has 0 saturated carbocycles. The molecule has 1 aliphatic rings. The Morgan fingerprint density at radius 1 is 1.00 bits per heavy atom. The zero-order valence-corrected chi connectivity index (χ0v) is 19.9. The van der Waals surface area contributed by atoms with E-state index >= 15 is 0 Å². The number of likely N-dealkylation sites (tertiary alicyclic amines) is 1. The predicted molar refractivity (Wildman–Crippen MR) is 128 cm³/mol. The van der Waals surface area contributed by atoms with Gasteiger partial charge in [0.15, 0.2) is 5.76 Å². The molecule has 0 radical (unpaired) electrons. The standard InChI is InChI=1S/C25H27N3O5S/c1-18-5-11-22(12-6-18)34(31,32)27(2)21-9-7-19(8-10-21)24(29)26-20-13-15-28(16-14-20)25(30)23-4-3-17-33-23/h3-12,17,20H,13-16H2,1-2H3,(H,26,29). The maximum Gasteiger partial charge on any atom is 0.289 e. The third-order valence-electron chi connectivity index (χ3n) is 6.02. The second kappa shape index (κ2) is 9.72. The van der Waals surface area contributed by atoms with Crippen molar-refractivity contribution < 1.29 is 22.4 Å². The molecule has 0 atom stereocenters. The van der Waals surface area contributed by atoms with E-state index in [0.29, 0.717) is 42.9 Å². The minimum atomic E-state index is -3.70. The Labute approximate surface area is 199 Å². The summed E-state index contributed by atoms with van der Waals surface area (Å²) >= 11 is 0. The smallest absolute Gasteiger partial charge is 0.289 e. The van der Waals surface area contributed by atoms with E-state index in [-0.39, 0.29) is 22.8 Å². The summed E-state index contributed by atoms with van der Waals surface area (Å²) in [6.45, 7) is 2.96. The van der Waals surface area contributed by atoms with Gasteiger partial charge in [-0.25, -0.2) is 8.42 Å². The number of piperidine rings is 1. The van der Waals surface area contributed by atoms with Crippen LogP contribution >= 0.6 is 0 Å². The molecule has 34 heavy (non-hydrogen) atoms. The highest BCUT2D eigenvalue weighted by molar-refractivity contribution is 7.92. The van der Waals surface area contributed by atoms with Crippen LogP contribution in [0.3, 0.4) is 0 Å². The van der Waals surface area contributed by atoms with Crippen molar-refractivity contribution in [1.29, 1.82) is 0 Å². The summed E-state index contributed by atoms with van der Waals surface area (Å²) in [5, 5.41) is 3.01. The fourth-order valence-corrected chi connectivity index (χ4v) is 5.08. The molecular weight excluding hydrogens is 454 g/mol. The highest BCUT2D eigenvalue weighted by atomic mass is 32.2. The highest BCUT2D eigenvalue weighted by Crippen LogP contribution is 2.23. The number of benzene rings is 2. The number of nitrogens with one attached hydrogen (secondary N) is 1. The summed E-state index contributed by atoms with van der Waals surface area (Å²) < 4.78 is 32.1. The number of nitrogens with zero attached hydrogens (tertiary/aromatic N) is 2. The highest BCUT2D eigenvalue weighted by Gasteiger charge is 2.26. The van der Waals surface area contributed by atoms with Crippen molar-refractivity contribution in [3.63, 3.8) is 0 Å². The first kappa shape index (κ1) is 23.6. The molecule has 178 valence electrons. The van der Waals surface area contributed by atoms with Gasteiger partial charge in [-0.1, -0.05) is 17.7 Å². The number of carbonyl (C=O) groups excluding carboxylic acids is 2. The monoisotopic (exact) mass is 481 g/mol. The number of aryl methyl sites for hydroxylation is 1. The quantitative estimate of drug-likeness (QED) is 0.581. The Balaban J connectivity index is 1.34. The Bertz CT molecular complexity index is 1240. The van der Waals surface area contributed by atoms with Crippen LogP contribution in [0.2, 0.25) is 0 Å². The molecule has 4 rings (SSSR count). The molecule has 0 bridgehead atoms. The second-order valence-electron chi connectivity index (χ2n) is 8.35. The summed E-state index contributed by atoms with van der Waals surface area (Å²) in [4.78, 5) is 27.0. The van der Waals surface area contributed by atoms with Gasteiger partial charge in [0.1, 0.15) is 0 Å². The number of rotatable bonds is 6. The van der Waals surface area contributed by atoms with E-state index in [2.05, 4.69) is 5.32 Å². The number of hydrogen-bond donors (Lipinski definition) is 1. The normalized spacial score (nSPS) is 14.6. The van der Waals surface area contributed by atoms with Crippen molar-refractivity contribution in [3.05, 3.63) is 83.8 Å². The lowest BCUT2D eigenvalue weighted by Crippen LogP contribution is -2.46. The lowest BCUT2D eigenvalue weighted by Gasteiger charge is -2.31. The Morgan fingerprint density at radius 2 is 1.65 bits per heavy atom. The maximum absolute atomic E-state index is 12.9. The van der Waals surface area contributed by atoms with E-state index in [0.717, 1.165) is 5.56 Å². The van der Waals surface area contributed by atoms with Crippen LogP contribution in [-0.2, 0) is 10.0 Å². The third kappa shape index (κ3) is 4.99. The Morgan fingerprint density at radius 3 is 2.24 bits per heavy atom. The minimum Gasteiger partial charge on any atom is -0.459 e. The maximum atomic E-state index is 12.9. The molecule has 8 nitrogen and oxygen atoms in total. The van der Waals surface area contributed by atoms with Crippen LogP contribution < -0.4 is 9.62 Å². The summed E-state index contributed by atoms with van der Waals surface area (Å²) in [6.07, 6.45) is 2.77. The van der Waals surface area contributed by atoms with E-state index in [1.54, 1.807) is 65.6 Å². The van der Waals surface area contributed by atoms with Gasteiger partial charge in [-0.2, -0.15) is 0 Å². The van der Waals surface area contributed by atoms with Gasteiger partial charge in [0.05, 0.1) is 16.8 Å². The SMILES string of the molecule is Cc1ccc(S(=O)(=O)N(C)c2ccc(C(=O)NC3CCN(C(=O)c4ccco4)CC3)cc2)cc1.